The van der Waals surface area contributed by atoms with Crippen molar-refractivity contribution in [1.29, 1.82) is 0 Å². The average Bonchev–Trinajstić information content (AvgIpc) is 2.28. The number of carbonyl (C=O) groups is 2. The number of esters is 1. The van der Waals surface area contributed by atoms with Crippen LogP contribution in [0.1, 0.15) is 53.4 Å². The minimum absolute atomic E-state index is 0.0718. The van der Waals surface area contributed by atoms with Gasteiger partial charge in [-0.05, 0) is 19.8 Å². The zero-order chi connectivity index (χ0) is 13.3. The predicted octanol–water partition coefficient (Wildman–Crippen LogP) is 2.27. The summed E-state index contributed by atoms with van der Waals surface area (Å²) in [6.07, 6.45) is 2.48. The highest BCUT2D eigenvalue weighted by atomic mass is 16.5. The maximum Gasteiger partial charge on any atom is 0.306 e. The third-order valence-electron chi connectivity index (χ3n) is 3.01. The van der Waals surface area contributed by atoms with Gasteiger partial charge in [-0.2, -0.15) is 0 Å². The molecule has 0 fully saturated rings. The number of nitrogens with one attached hydrogen (secondary N) is 1. The van der Waals surface area contributed by atoms with E-state index in [1.807, 2.05) is 6.92 Å². The largest absolute Gasteiger partial charge is 0.466 e. The Bertz CT molecular complexity index is 237. The zero-order valence-corrected chi connectivity index (χ0v) is 11.4. The molecule has 0 aromatic heterocycles. The smallest absolute Gasteiger partial charge is 0.306 e. The first kappa shape index (κ1) is 15.9. The number of hydrogen-bond acceptors (Lipinski definition) is 3. The molecule has 4 heteroatoms. The van der Waals surface area contributed by atoms with Gasteiger partial charge in [-0.15, -0.1) is 0 Å². The van der Waals surface area contributed by atoms with Gasteiger partial charge in [0.25, 0.3) is 0 Å². The van der Waals surface area contributed by atoms with E-state index in [4.69, 9.17) is 4.74 Å². The van der Waals surface area contributed by atoms with Crippen LogP contribution in [0.2, 0.25) is 0 Å². The topological polar surface area (TPSA) is 55.4 Å². The van der Waals surface area contributed by atoms with E-state index in [0.29, 0.717) is 12.5 Å². The lowest BCUT2D eigenvalue weighted by Crippen LogP contribution is -2.37. The lowest BCUT2D eigenvalue weighted by molar-refractivity contribution is -0.144. The molecule has 0 radical (unpaired) electrons. The third-order valence-corrected chi connectivity index (χ3v) is 3.01. The number of carbonyl (C=O) groups excluding carboxylic acids is 2. The van der Waals surface area contributed by atoms with E-state index >= 15 is 0 Å². The Morgan fingerprint density at radius 1 is 1.12 bits per heavy atom. The van der Waals surface area contributed by atoms with Gasteiger partial charge in [-0.1, -0.05) is 26.7 Å². The van der Waals surface area contributed by atoms with Crippen LogP contribution in [0.3, 0.4) is 0 Å². The third kappa shape index (κ3) is 6.97. The summed E-state index contributed by atoms with van der Waals surface area (Å²) in [4.78, 5) is 22.7. The van der Waals surface area contributed by atoms with Crippen molar-refractivity contribution < 1.29 is 14.3 Å². The van der Waals surface area contributed by atoms with Gasteiger partial charge in [0.05, 0.1) is 13.0 Å². The summed E-state index contributed by atoms with van der Waals surface area (Å²) >= 11 is 0. The van der Waals surface area contributed by atoms with Crippen LogP contribution in [0.15, 0.2) is 0 Å². The zero-order valence-electron chi connectivity index (χ0n) is 11.4. The van der Waals surface area contributed by atoms with E-state index < -0.39 is 0 Å². The number of amides is 1. The molecule has 17 heavy (non-hydrogen) atoms. The molecule has 1 amide bonds. The van der Waals surface area contributed by atoms with Gasteiger partial charge >= 0.3 is 5.97 Å². The van der Waals surface area contributed by atoms with E-state index in [0.717, 1.165) is 12.8 Å². The van der Waals surface area contributed by atoms with E-state index in [1.165, 1.54) is 0 Å². The van der Waals surface area contributed by atoms with E-state index in [9.17, 15) is 9.59 Å². The van der Waals surface area contributed by atoms with Gasteiger partial charge in [0, 0.05) is 12.5 Å². The van der Waals surface area contributed by atoms with E-state index in [-0.39, 0.29) is 30.8 Å². The summed E-state index contributed by atoms with van der Waals surface area (Å²) in [5, 5.41) is 2.93. The molecule has 1 unspecified atom stereocenters. The van der Waals surface area contributed by atoms with Crippen molar-refractivity contribution in [1.82, 2.24) is 5.32 Å². The predicted molar refractivity (Wildman–Crippen MR) is 67.5 cm³/mol. The first-order chi connectivity index (χ1) is 8.04. The van der Waals surface area contributed by atoms with Crippen LogP contribution >= 0.6 is 0 Å². The Morgan fingerprint density at radius 2 is 1.71 bits per heavy atom. The highest BCUT2D eigenvalue weighted by Crippen LogP contribution is 2.12. The minimum atomic E-state index is -0.308. The SMILES string of the molecule is CCOC(=O)CCC(=O)NC(C)C(CC)CC. The molecular formula is C13H25NO3. The molecule has 0 bridgehead atoms. The first-order valence-electron chi connectivity index (χ1n) is 6.50. The highest BCUT2D eigenvalue weighted by Gasteiger charge is 2.16. The molecule has 0 aromatic carbocycles. The second-order valence-electron chi connectivity index (χ2n) is 4.24. The lowest BCUT2D eigenvalue weighted by atomic mass is 9.95. The van der Waals surface area contributed by atoms with Crippen molar-refractivity contribution >= 4 is 11.9 Å². The molecule has 0 aliphatic heterocycles. The molecule has 0 rings (SSSR count). The Morgan fingerprint density at radius 3 is 2.18 bits per heavy atom. The molecule has 1 N–H and O–H groups in total. The Kier molecular flexibility index (Phi) is 8.46. The van der Waals surface area contributed by atoms with Gasteiger partial charge < -0.3 is 10.1 Å². The number of hydrogen-bond donors (Lipinski definition) is 1. The van der Waals surface area contributed by atoms with Crippen LogP contribution in [-0.4, -0.2) is 24.5 Å². The Hall–Kier alpha value is -1.06. The molecule has 100 valence electrons. The van der Waals surface area contributed by atoms with Crippen LogP contribution in [0.4, 0.5) is 0 Å². The van der Waals surface area contributed by atoms with Crippen molar-refractivity contribution in [3.63, 3.8) is 0 Å². The van der Waals surface area contributed by atoms with Crippen molar-refractivity contribution in [2.45, 2.75) is 59.4 Å². The second-order valence-corrected chi connectivity index (χ2v) is 4.24. The summed E-state index contributed by atoms with van der Waals surface area (Å²) in [5.41, 5.74) is 0. The van der Waals surface area contributed by atoms with Crippen LogP contribution in [0, 0.1) is 5.92 Å². The molecule has 0 aromatic rings. The summed E-state index contributed by atoms with van der Waals surface area (Å²) in [6.45, 7) is 8.38. The summed E-state index contributed by atoms with van der Waals surface area (Å²) in [7, 11) is 0. The second kappa shape index (κ2) is 9.02. The standard InChI is InChI=1S/C13H25NO3/c1-5-11(6-2)10(4)14-12(15)8-9-13(16)17-7-3/h10-11H,5-9H2,1-4H3,(H,14,15). The van der Waals surface area contributed by atoms with Crippen LogP contribution in [0.5, 0.6) is 0 Å². The fourth-order valence-corrected chi connectivity index (χ4v) is 1.89. The van der Waals surface area contributed by atoms with Gasteiger partial charge in [0.1, 0.15) is 0 Å². The molecule has 0 saturated heterocycles. The maximum absolute atomic E-state index is 11.6. The monoisotopic (exact) mass is 243 g/mol. The summed E-state index contributed by atoms with van der Waals surface area (Å²) in [6, 6.07) is 0.166. The average molecular weight is 243 g/mol. The quantitative estimate of drug-likeness (QED) is 0.665. The van der Waals surface area contributed by atoms with Crippen molar-refractivity contribution in [2.24, 2.45) is 5.92 Å². The lowest BCUT2D eigenvalue weighted by Gasteiger charge is -2.22. The molecule has 0 spiro atoms. The molecule has 0 aliphatic carbocycles. The van der Waals surface area contributed by atoms with E-state index in [2.05, 4.69) is 19.2 Å². The first-order valence-corrected chi connectivity index (χ1v) is 6.50. The summed E-state index contributed by atoms with van der Waals surface area (Å²) < 4.78 is 4.77. The Balaban J connectivity index is 3.89. The molecule has 0 saturated carbocycles. The fourth-order valence-electron chi connectivity index (χ4n) is 1.89. The van der Waals surface area contributed by atoms with Crippen LogP contribution in [-0.2, 0) is 14.3 Å². The van der Waals surface area contributed by atoms with Crippen LogP contribution in [0.25, 0.3) is 0 Å². The van der Waals surface area contributed by atoms with Crippen molar-refractivity contribution in [3.05, 3.63) is 0 Å². The van der Waals surface area contributed by atoms with Crippen LogP contribution < -0.4 is 5.32 Å². The minimum Gasteiger partial charge on any atom is -0.466 e. The van der Waals surface area contributed by atoms with Gasteiger partial charge in [-0.3, -0.25) is 9.59 Å². The number of rotatable bonds is 8. The normalized spacial score (nSPS) is 12.3. The van der Waals surface area contributed by atoms with Gasteiger partial charge in [-0.25, -0.2) is 0 Å². The summed E-state index contributed by atoms with van der Waals surface area (Å²) in [5.74, 6) is 0.122. The molecule has 0 heterocycles. The Labute approximate surface area is 104 Å². The highest BCUT2D eigenvalue weighted by molar-refractivity contribution is 5.81. The van der Waals surface area contributed by atoms with E-state index in [1.54, 1.807) is 6.92 Å². The maximum atomic E-state index is 11.6. The molecular weight excluding hydrogens is 218 g/mol. The number of ether oxygens (including phenoxy) is 1. The van der Waals surface area contributed by atoms with Crippen molar-refractivity contribution in [3.8, 4) is 0 Å². The van der Waals surface area contributed by atoms with Gasteiger partial charge in [0.2, 0.25) is 5.91 Å². The van der Waals surface area contributed by atoms with Gasteiger partial charge in [0.15, 0.2) is 0 Å². The molecule has 1 atom stereocenters. The van der Waals surface area contributed by atoms with Crippen molar-refractivity contribution in [2.75, 3.05) is 6.61 Å². The fraction of sp³-hybridized carbons (Fsp3) is 0.846. The molecule has 4 nitrogen and oxygen atoms in total. The molecule has 0 aliphatic rings.